The maximum atomic E-state index is 12.3. The average Bonchev–Trinajstić information content (AvgIpc) is 3.15. The summed E-state index contributed by atoms with van der Waals surface area (Å²) in [6, 6.07) is 0.0386. The first kappa shape index (κ1) is 21.5. The van der Waals surface area contributed by atoms with Crippen LogP contribution in [0.15, 0.2) is 4.99 Å². The van der Waals surface area contributed by atoms with Crippen molar-refractivity contribution >= 4 is 17.8 Å². The fraction of sp³-hybridized carbons (Fsp3) is 0.842. The Morgan fingerprint density at radius 1 is 1.19 bits per heavy atom. The number of guanidine groups is 1. The zero-order valence-corrected chi connectivity index (χ0v) is 17.2. The highest BCUT2D eigenvalue weighted by Crippen LogP contribution is 2.19. The number of nitrogens with zero attached hydrogens (tertiary/aromatic N) is 4. The van der Waals surface area contributed by atoms with E-state index in [2.05, 4.69) is 20.1 Å². The predicted molar refractivity (Wildman–Crippen MR) is 106 cm³/mol. The molecule has 2 rings (SSSR count). The van der Waals surface area contributed by atoms with Crippen molar-refractivity contribution in [2.24, 2.45) is 10.9 Å². The van der Waals surface area contributed by atoms with Crippen LogP contribution in [0.4, 0.5) is 0 Å². The molecule has 1 N–H and O–H groups in total. The molecule has 1 unspecified atom stereocenters. The third-order valence-electron chi connectivity index (χ3n) is 5.54. The van der Waals surface area contributed by atoms with Gasteiger partial charge in [0, 0.05) is 47.3 Å². The van der Waals surface area contributed by atoms with Gasteiger partial charge in [0.1, 0.15) is 0 Å². The van der Waals surface area contributed by atoms with E-state index in [1.807, 2.05) is 14.1 Å². The molecular weight excluding hydrogens is 346 g/mol. The monoisotopic (exact) mass is 381 g/mol. The van der Waals surface area contributed by atoms with E-state index in [1.54, 1.807) is 11.9 Å². The normalized spacial score (nSPS) is 22.0. The molecule has 0 aromatic heterocycles. The van der Waals surface area contributed by atoms with Crippen LogP contribution in [0, 0.1) is 5.92 Å². The number of ether oxygens (including phenoxy) is 1. The van der Waals surface area contributed by atoms with Gasteiger partial charge in [-0.1, -0.05) is 0 Å². The van der Waals surface area contributed by atoms with Crippen LogP contribution in [0.3, 0.4) is 0 Å². The van der Waals surface area contributed by atoms with Gasteiger partial charge in [0.15, 0.2) is 5.96 Å². The summed E-state index contributed by atoms with van der Waals surface area (Å²) in [7, 11) is 6.90. The number of methoxy groups -OCH3 is 1. The molecule has 154 valence electrons. The molecule has 0 aromatic carbocycles. The van der Waals surface area contributed by atoms with Gasteiger partial charge < -0.3 is 19.9 Å². The van der Waals surface area contributed by atoms with E-state index in [0.717, 1.165) is 70.8 Å². The summed E-state index contributed by atoms with van der Waals surface area (Å²) in [5.74, 6) is 1.00. The second-order valence-electron chi connectivity index (χ2n) is 7.54. The Morgan fingerprint density at radius 3 is 2.48 bits per heavy atom. The van der Waals surface area contributed by atoms with Crippen LogP contribution >= 0.6 is 0 Å². The summed E-state index contributed by atoms with van der Waals surface area (Å²) in [5, 5.41) is 3.43. The number of esters is 1. The number of carbonyl (C=O) groups is 2. The van der Waals surface area contributed by atoms with E-state index in [-0.39, 0.29) is 23.8 Å². The zero-order valence-electron chi connectivity index (χ0n) is 17.2. The minimum atomic E-state index is -0.106. The Hall–Kier alpha value is -1.83. The fourth-order valence-electron chi connectivity index (χ4n) is 3.98. The number of aliphatic imine (C=N–C) groups is 1. The van der Waals surface area contributed by atoms with Crippen LogP contribution in [0.25, 0.3) is 0 Å². The van der Waals surface area contributed by atoms with E-state index in [4.69, 9.17) is 4.74 Å². The largest absolute Gasteiger partial charge is 0.469 e. The Bertz CT molecular complexity index is 529. The Balaban J connectivity index is 1.71. The number of amides is 1. The molecule has 1 atom stereocenters. The number of nitrogens with one attached hydrogen (secondary N) is 1. The highest BCUT2D eigenvalue weighted by atomic mass is 16.5. The summed E-state index contributed by atoms with van der Waals surface area (Å²) in [5.41, 5.74) is 0. The lowest BCUT2D eigenvalue weighted by molar-refractivity contribution is -0.146. The van der Waals surface area contributed by atoms with Crippen LogP contribution in [-0.2, 0) is 14.3 Å². The number of hydrogen-bond acceptors (Lipinski definition) is 5. The molecule has 2 aliphatic rings. The van der Waals surface area contributed by atoms with Gasteiger partial charge in [0.2, 0.25) is 5.91 Å². The lowest BCUT2D eigenvalue weighted by Gasteiger charge is -2.33. The summed E-state index contributed by atoms with van der Waals surface area (Å²) >= 11 is 0. The van der Waals surface area contributed by atoms with Crippen molar-refractivity contribution in [3.05, 3.63) is 0 Å². The third-order valence-corrected chi connectivity index (χ3v) is 5.54. The Morgan fingerprint density at radius 2 is 1.89 bits per heavy atom. The molecular formula is C19H35N5O3. The van der Waals surface area contributed by atoms with E-state index in [0.29, 0.717) is 0 Å². The van der Waals surface area contributed by atoms with Crippen LogP contribution in [0.5, 0.6) is 0 Å². The molecule has 0 spiro atoms. The van der Waals surface area contributed by atoms with Gasteiger partial charge in [0.05, 0.1) is 19.1 Å². The molecule has 0 aromatic rings. The second kappa shape index (κ2) is 10.5. The summed E-state index contributed by atoms with van der Waals surface area (Å²) < 4.78 is 4.85. The van der Waals surface area contributed by atoms with E-state index < -0.39 is 0 Å². The molecule has 0 saturated carbocycles. The molecule has 0 radical (unpaired) electrons. The average molecular weight is 382 g/mol. The van der Waals surface area contributed by atoms with Crippen LogP contribution in [-0.4, -0.2) is 99.6 Å². The molecule has 0 bridgehead atoms. The predicted octanol–water partition coefficient (Wildman–Crippen LogP) is 0.390. The first-order valence-corrected chi connectivity index (χ1v) is 9.96. The van der Waals surface area contributed by atoms with Crippen LogP contribution in [0.1, 0.15) is 32.1 Å². The molecule has 2 saturated heterocycles. The molecule has 8 nitrogen and oxygen atoms in total. The van der Waals surface area contributed by atoms with Gasteiger partial charge >= 0.3 is 5.97 Å². The van der Waals surface area contributed by atoms with Crippen molar-refractivity contribution in [3.8, 4) is 0 Å². The lowest BCUT2D eigenvalue weighted by atomic mass is 9.97. The molecule has 2 heterocycles. The maximum Gasteiger partial charge on any atom is 0.308 e. The number of piperidine rings is 1. The van der Waals surface area contributed by atoms with Crippen LogP contribution < -0.4 is 5.32 Å². The molecule has 2 fully saturated rings. The quantitative estimate of drug-likeness (QED) is 0.310. The standard InChI is InChI=1S/C19H35N5O3/c1-20-19(24-13-8-15(9-14-24)18(26)27-4)21-10-6-12-23-11-5-7-16(23)17(25)22(2)3/h15-16H,5-14H2,1-4H3,(H,20,21). The van der Waals surface area contributed by atoms with E-state index in [1.165, 1.54) is 7.11 Å². The van der Waals surface area contributed by atoms with Gasteiger partial charge in [0.25, 0.3) is 0 Å². The number of likely N-dealkylation sites (N-methyl/N-ethyl adjacent to an activating group) is 1. The topological polar surface area (TPSA) is 77.5 Å². The first-order chi connectivity index (χ1) is 13.0. The third kappa shape index (κ3) is 5.82. The van der Waals surface area contributed by atoms with Crippen molar-refractivity contribution in [1.29, 1.82) is 0 Å². The van der Waals surface area contributed by atoms with E-state index in [9.17, 15) is 9.59 Å². The van der Waals surface area contributed by atoms with Gasteiger partial charge in [-0.05, 0) is 38.6 Å². The number of rotatable bonds is 6. The second-order valence-corrected chi connectivity index (χ2v) is 7.54. The van der Waals surface area contributed by atoms with Gasteiger partial charge in [-0.25, -0.2) is 0 Å². The first-order valence-electron chi connectivity index (χ1n) is 9.96. The van der Waals surface area contributed by atoms with Gasteiger partial charge in [-0.2, -0.15) is 0 Å². The SMILES string of the molecule is CN=C(NCCCN1CCCC1C(=O)N(C)C)N1CCC(C(=O)OC)CC1. The molecule has 27 heavy (non-hydrogen) atoms. The fourth-order valence-corrected chi connectivity index (χ4v) is 3.98. The number of carbonyl (C=O) groups excluding carboxylic acids is 2. The minimum absolute atomic E-state index is 0.00527. The van der Waals surface area contributed by atoms with Crippen molar-refractivity contribution in [1.82, 2.24) is 20.0 Å². The zero-order chi connectivity index (χ0) is 19.8. The van der Waals surface area contributed by atoms with Gasteiger partial charge in [-0.3, -0.25) is 19.5 Å². The summed E-state index contributed by atoms with van der Waals surface area (Å²) in [6.07, 6.45) is 4.62. The number of hydrogen-bond donors (Lipinski definition) is 1. The van der Waals surface area contributed by atoms with Crippen molar-refractivity contribution in [3.63, 3.8) is 0 Å². The molecule has 1 amide bonds. The number of likely N-dealkylation sites (tertiary alicyclic amines) is 2. The minimum Gasteiger partial charge on any atom is -0.469 e. The highest BCUT2D eigenvalue weighted by molar-refractivity contribution is 5.82. The lowest BCUT2D eigenvalue weighted by Crippen LogP contribution is -2.47. The molecule has 0 aliphatic carbocycles. The molecule has 2 aliphatic heterocycles. The summed E-state index contributed by atoms with van der Waals surface area (Å²) in [4.78, 5) is 34.5. The van der Waals surface area contributed by atoms with Crippen molar-refractivity contribution < 1.29 is 14.3 Å². The van der Waals surface area contributed by atoms with Crippen molar-refractivity contribution in [2.75, 3.05) is 61.0 Å². The Kier molecular flexibility index (Phi) is 8.34. The van der Waals surface area contributed by atoms with Crippen molar-refractivity contribution in [2.45, 2.75) is 38.1 Å². The summed E-state index contributed by atoms with van der Waals surface area (Å²) in [6.45, 7) is 4.36. The van der Waals surface area contributed by atoms with Gasteiger partial charge in [-0.15, -0.1) is 0 Å². The van der Waals surface area contributed by atoms with E-state index >= 15 is 0 Å². The maximum absolute atomic E-state index is 12.3. The Labute approximate surface area is 162 Å². The smallest absolute Gasteiger partial charge is 0.308 e. The van der Waals surface area contributed by atoms with Crippen LogP contribution in [0.2, 0.25) is 0 Å². The molecule has 8 heteroatoms. The highest BCUT2D eigenvalue weighted by Gasteiger charge is 2.31.